The Kier molecular flexibility index (Phi) is 5.98. The molecule has 4 aliphatic rings. The number of Topliss-reactive ketones (excluding diaryl/α,β-unsaturated/α-hetero) is 1. The van der Waals surface area contributed by atoms with Crippen LogP contribution in [0.3, 0.4) is 0 Å². The van der Waals surface area contributed by atoms with Crippen molar-refractivity contribution in [1.82, 2.24) is 0 Å². The van der Waals surface area contributed by atoms with Crippen LogP contribution in [-0.2, 0) is 33.4 Å². The smallest absolute Gasteiger partial charge is 0.307 e. The molecule has 5 rings (SSSR count). The lowest BCUT2D eigenvalue weighted by Crippen LogP contribution is -2.74. The quantitative estimate of drug-likeness (QED) is 0.353. The van der Waals surface area contributed by atoms with Crippen molar-refractivity contribution in [2.45, 2.75) is 78.1 Å². The minimum atomic E-state index is -2.12. The summed E-state index contributed by atoms with van der Waals surface area (Å²) in [6.45, 7) is 8.76. The number of ether oxygens (including phenoxy) is 3. The first kappa shape index (κ1) is 26.7. The third-order valence-electron chi connectivity index (χ3n) is 10.2. The van der Waals surface area contributed by atoms with Crippen molar-refractivity contribution in [3.05, 3.63) is 35.8 Å². The molecule has 1 aromatic rings. The fourth-order valence-electron chi connectivity index (χ4n) is 8.45. The number of cyclic esters (lactones) is 1. The van der Waals surface area contributed by atoms with E-state index in [1.807, 2.05) is 20.8 Å². The summed E-state index contributed by atoms with van der Waals surface area (Å²) in [6.07, 6.45) is 4.16. The van der Waals surface area contributed by atoms with Gasteiger partial charge in [-0.15, -0.1) is 0 Å². The molecule has 3 aliphatic carbocycles. The molecule has 3 fully saturated rings. The van der Waals surface area contributed by atoms with E-state index in [0.717, 1.165) is 11.1 Å². The molecule has 9 nitrogen and oxygen atoms in total. The molecule has 0 spiro atoms. The predicted octanol–water partition coefficient (Wildman–Crippen LogP) is 3.70. The highest BCUT2D eigenvalue weighted by Gasteiger charge is 2.73. The molecule has 3 unspecified atom stereocenters. The van der Waals surface area contributed by atoms with Crippen LogP contribution in [0.15, 0.2) is 34.7 Å². The molecule has 1 aliphatic heterocycles. The van der Waals surface area contributed by atoms with Crippen molar-refractivity contribution in [2.24, 2.45) is 34.0 Å². The van der Waals surface area contributed by atoms with E-state index in [9.17, 15) is 24.3 Å². The first-order valence-electron chi connectivity index (χ1n) is 13.2. The van der Waals surface area contributed by atoms with Gasteiger partial charge in [0.25, 0.3) is 0 Å². The zero-order chi connectivity index (χ0) is 27.8. The number of carbonyl (C=O) groups excluding carboxylic acids is 4. The fraction of sp³-hybridized carbons (Fsp3) is 0.655. The summed E-state index contributed by atoms with van der Waals surface area (Å²) < 4.78 is 21.8. The topological polar surface area (TPSA) is 129 Å². The van der Waals surface area contributed by atoms with Gasteiger partial charge in [0.2, 0.25) is 0 Å². The highest BCUT2D eigenvalue weighted by atomic mass is 16.6. The van der Waals surface area contributed by atoms with E-state index in [1.165, 1.54) is 20.3 Å². The lowest BCUT2D eigenvalue weighted by atomic mass is 9.39. The molecule has 38 heavy (non-hydrogen) atoms. The van der Waals surface area contributed by atoms with Crippen LogP contribution >= 0.6 is 0 Å². The Morgan fingerprint density at radius 1 is 1.16 bits per heavy atom. The molecule has 1 N–H and O–H groups in total. The first-order valence-corrected chi connectivity index (χ1v) is 13.2. The van der Waals surface area contributed by atoms with E-state index in [4.69, 9.17) is 18.6 Å². The van der Waals surface area contributed by atoms with E-state index in [1.54, 1.807) is 18.4 Å². The number of fused-ring (bicyclic) bond motifs is 6. The number of carbonyl (C=O) groups is 4. The molecule has 206 valence electrons. The Morgan fingerprint density at radius 2 is 1.87 bits per heavy atom. The zero-order valence-corrected chi connectivity index (χ0v) is 22.7. The van der Waals surface area contributed by atoms with Gasteiger partial charge in [0.15, 0.2) is 11.4 Å². The number of allylic oxidation sites excluding steroid dienone is 1. The standard InChI is InChI=1S/C29H36O9/c1-15(30)37-25-26(2,3)20(12-21(31)35-6)28(5)18-7-9-27(4)19(17(18)13-29(25,34)24(28)33)11-22(32)38-23(27)16-8-10-36-14-16/h8,10,13-14,18-20,23,25,34H,7,9,11-12H2,1-6H3/t18?,19?,20-,23-,25?,27+,28+,29-/m0/s1. The SMILES string of the molecule is COC(=O)C[C@H]1C(C)(C)C(OC(C)=O)[C@]2(O)C=C3C4CC(=O)O[C@@H](c5ccoc5)[C@]4(C)CCC3[C@@]1(C)C2=O. The number of aliphatic hydroxyl groups is 1. The normalized spacial score (nSPS) is 41.2. The Bertz CT molecular complexity index is 1210. The van der Waals surface area contributed by atoms with Gasteiger partial charge < -0.3 is 23.7 Å². The van der Waals surface area contributed by atoms with E-state index in [-0.39, 0.29) is 30.6 Å². The Balaban J connectivity index is 1.71. The zero-order valence-electron chi connectivity index (χ0n) is 22.7. The molecule has 9 heteroatoms. The van der Waals surface area contributed by atoms with Gasteiger partial charge in [0.05, 0.1) is 26.1 Å². The highest BCUT2D eigenvalue weighted by Crippen LogP contribution is 2.68. The van der Waals surface area contributed by atoms with Crippen molar-refractivity contribution in [3.8, 4) is 0 Å². The predicted molar refractivity (Wildman–Crippen MR) is 132 cm³/mol. The number of hydrogen-bond acceptors (Lipinski definition) is 9. The number of esters is 3. The molecule has 2 heterocycles. The second-order valence-electron chi connectivity index (χ2n) is 12.5. The average molecular weight is 529 g/mol. The van der Waals surface area contributed by atoms with Crippen LogP contribution in [0.5, 0.6) is 0 Å². The van der Waals surface area contributed by atoms with Crippen LogP contribution in [0.25, 0.3) is 0 Å². The molecule has 0 aromatic carbocycles. The third-order valence-corrected chi connectivity index (χ3v) is 10.2. The van der Waals surface area contributed by atoms with Gasteiger partial charge in [0, 0.05) is 35.2 Å². The van der Waals surface area contributed by atoms with E-state index in [2.05, 4.69) is 6.92 Å². The Morgan fingerprint density at radius 3 is 2.47 bits per heavy atom. The van der Waals surface area contributed by atoms with E-state index < -0.39 is 57.7 Å². The van der Waals surface area contributed by atoms with Gasteiger partial charge in [-0.25, -0.2) is 0 Å². The minimum absolute atomic E-state index is 0.0784. The Labute approximate surface area is 221 Å². The minimum Gasteiger partial charge on any atom is -0.472 e. The van der Waals surface area contributed by atoms with Crippen molar-refractivity contribution in [1.29, 1.82) is 0 Å². The van der Waals surface area contributed by atoms with Gasteiger partial charge in [0.1, 0.15) is 12.2 Å². The van der Waals surface area contributed by atoms with Gasteiger partial charge in [-0.2, -0.15) is 0 Å². The fourth-order valence-corrected chi connectivity index (χ4v) is 8.45. The monoisotopic (exact) mass is 528 g/mol. The average Bonchev–Trinajstić information content (AvgIpc) is 3.38. The maximum atomic E-state index is 14.3. The number of furan rings is 1. The van der Waals surface area contributed by atoms with Crippen LogP contribution in [0.4, 0.5) is 0 Å². The maximum Gasteiger partial charge on any atom is 0.307 e. The van der Waals surface area contributed by atoms with Crippen molar-refractivity contribution in [3.63, 3.8) is 0 Å². The molecule has 2 saturated carbocycles. The Hall–Kier alpha value is -2.94. The van der Waals surface area contributed by atoms with E-state index in [0.29, 0.717) is 12.8 Å². The van der Waals surface area contributed by atoms with Crippen LogP contribution in [-0.4, -0.2) is 47.6 Å². The molecule has 0 amide bonds. The largest absolute Gasteiger partial charge is 0.472 e. The summed E-state index contributed by atoms with van der Waals surface area (Å²) in [5.74, 6) is -3.22. The molecule has 8 atom stereocenters. The summed E-state index contributed by atoms with van der Waals surface area (Å²) >= 11 is 0. The van der Waals surface area contributed by atoms with Gasteiger partial charge in [-0.3, -0.25) is 19.2 Å². The number of ketones is 1. The van der Waals surface area contributed by atoms with Crippen LogP contribution in [0.1, 0.15) is 72.0 Å². The second-order valence-corrected chi connectivity index (χ2v) is 12.5. The summed E-state index contributed by atoms with van der Waals surface area (Å²) in [4.78, 5) is 52.1. The van der Waals surface area contributed by atoms with Crippen molar-refractivity contribution >= 4 is 23.7 Å². The molecule has 1 saturated heterocycles. The van der Waals surface area contributed by atoms with E-state index >= 15 is 0 Å². The van der Waals surface area contributed by atoms with Gasteiger partial charge >= 0.3 is 17.9 Å². The number of methoxy groups -OCH3 is 1. The first-order chi connectivity index (χ1) is 17.7. The number of hydrogen-bond donors (Lipinski definition) is 1. The lowest BCUT2D eigenvalue weighted by molar-refractivity contribution is -0.224. The number of rotatable bonds is 4. The van der Waals surface area contributed by atoms with Crippen molar-refractivity contribution in [2.75, 3.05) is 7.11 Å². The lowest BCUT2D eigenvalue weighted by Gasteiger charge is -2.65. The third kappa shape index (κ3) is 3.46. The van der Waals surface area contributed by atoms with Crippen LogP contribution in [0.2, 0.25) is 0 Å². The molecular formula is C29H36O9. The molecular weight excluding hydrogens is 492 g/mol. The summed E-state index contributed by atoms with van der Waals surface area (Å²) in [5.41, 5.74) is -3.22. The molecule has 1 aromatic heterocycles. The maximum absolute atomic E-state index is 14.3. The van der Waals surface area contributed by atoms with Gasteiger partial charge in [-0.1, -0.05) is 33.3 Å². The van der Waals surface area contributed by atoms with Crippen molar-refractivity contribution < 1.29 is 42.9 Å². The van der Waals surface area contributed by atoms with Crippen LogP contribution < -0.4 is 0 Å². The summed E-state index contributed by atoms with van der Waals surface area (Å²) in [6, 6.07) is 1.78. The van der Waals surface area contributed by atoms with Gasteiger partial charge in [-0.05, 0) is 42.7 Å². The molecule has 2 bridgehead atoms. The highest BCUT2D eigenvalue weighted by molar-refractivity contribution is 5.99. The molecule has 0 radical (unpaired) electrons. The summed E-state index contributed by atoms with van der Waals surface area (Å²) in [7, 11) is 1.30. The summed E-state index contributed by atoms with van der Waals surface area (Å²) in [5, 5.41) is 12.2. The van der Waals surface area contributed by atoms with Crippen LogP contribution in [0, 0.1) is 34.0 Å². The second kappa shape index (κ2) is 8.53.